The van der Waals surface area contributed by atoms with Crippen LogP contribution in [0.15, 0.2) is 24.3 Å². The van der Waals surface area contributed by atoms with Crippen LogP contribution < -0.4 is 10.1 Å². The van der Waals surface area contributed by atoms with Crippen LogP contribution in [0.2, 0.25) is 0 Å². The number of methoxy groups -OCH3 is 1. The van der Waals surface area contributed by atoms with Gasteiger partial charge >= 0.3 is 0 Å². The Morgan fingerprint density at radius 3 is 2.42 bits per heavy atom. The molecule has 0 unspecified atom stereocenters. The van der Waals surface area contributed by atoms with Crippen molar-refractivity contribution in [3.63, 3.8) is 0 Å². The van der Waals surface area contributed by atoms with Gasteiger partial charge in [0.05, 0.1) is 25.0 Å². The monoisotopic (exact) mass is 357 g/mol. The summed E-state index contributed by atoms with van der Waals surface area (Å²) in [7, 11) is -1.86. The summed E-state index contributed by atoms with van der Waals surface area (Å²) in [5.74, 6) is -0.451. The zero-order chi connectivity index (χ0) is 18.2. The summed E-state index contributed by atoms with van der Waals surface area (Å²) >= 11 is 0. The average molecular weight is 357 g/mol. The normalized spacial score (nSPS) is 14.0. The highest BCUT2D eigenvalue weighted by Crippen LogP contribution is 2.20. The van der Waals surface area contributed by atoms with Gasteiger partial charge in [0.25, 0.3) is 0 Å². The SMILES string of the molecule is CCCCCS(=O)(=O)CC(=O)N[C@H](C)[C@H](O)c1ccc(OC)cc1. The van der Waals surface area contributed by atoms with E-state index in [0.717, 1.165) is 12.8 Å². The van der Waals surface area contributed by atoms with Gasteiger partial charge in [0, 0.05) is 0 Å². The zero-order valence-corrected chi connectivity index (χ0v) is 15.3. The van der Waals surface area contributed by atoms with Crippen LogP contribution >= 0.6 is 0 Å². The Morgan fingerprint density at radius 1 is 1.25 bits per heavy atom. The number of hydrogen-bond donors (Lipinski definition) is 2. The van der Waals surface area contributed by atoms with Gasteiger partial charge in [-0.2, -0.15) is 0 Å². The van der Waals surface area contributed by atoms with Crippen molar-refractivity contribution in [3.8, 4) is 5.75 Å². The lowest BCUT2D eigenvalue weighted by Gasteiger charge is -2.21. The molecule has 1 rings (SSSR count). The summed E-state index contributed by atoms with van der Waals surface area (Å²) in [6, 6.07) is 6.23. The third-order valence-corrected chi connectivity index (χ3v) is 5.34. The smallest absolute Gasteiger partial charge is 0.235 e. The predicted octanol–water partition coefficient (Wildman–Crippen LogP) is 1.84. The summed E-state index contributed by atoms with van der Waals surface area (Å²) in [6.07, 6.45) is 1.39. The van der Waals surface area contributed by atoms with E-state index in [1.807, 2.05) is 6.92 Å². The second-order valence-electron chi connectivity index (χ2n) is 5.87. The maximum atomic E-state index is 11.9. The molecule has 24 heavy (non-hydrogen) atoms. The standard InChI is InChI=1S/C17H27NO5S/c1-4-5-6-11-24(21,22)12-16(19)18-13(2)17(20)14-7-9-15(23-3)10-8-14/h7-10,13,17,20H,4-6,11-12H2,1-3H3,(H,18,19)/t13-,17+/m1/s1. The van der Waals surface area contributed by atoms with E-state index in [9.17, 15) is 18.3 Å². The van der Waals surface area contributed by atoms with Crippen molar-refractivity contribution in [1.29, 1.82) is 0 Å². The minimum Gasteiger partial charge on any atom is -0.497 e. The first-order valence-corrected chi connectivity index (χ1v) is 9.93. The third-order valence-electron chi connectivity index (χ3n) is 3.73. The van der Waals surface area contributed by atoms with E-state index in [0.29, 0.717) is 17.7 Å². The van der Waals surface area contributed by atoms with Crippen LogP contribution in [0.1, 0.15) is 44.8 Å². The number of carbonyl (C=O) groups excluding carboxylic acids is 1. The number of hydrogen-bond acceptors (Lipinski definition) is 5. The van der Waals surface area contributed by atoms with Crippen LogP contribution in [0.5, 0.6) is 5.75 Å². The molecule has 2 N–H and O–H groups in total. The lowest BCUT2D eigenvalue weighted by atomic mass is 10.0. The molecule has 0 bridgehead atoms. The highest BCUT2D eigenvalue weighted by atomic mass is 32.2. The van der Waals surface area contributed by atoms with Gasteiger partial charge in [0.2, 0.25) is 5.91 Å². The van der Waals surface area contributed by atoms with Gasteiger partial charge in [0.15, 0.2) is 9.84 Å². The van der Waals surface area contributed by atoms with Gasteiger partial charge in [-0.25, -0.2) is 8.42 Å². The number of unbranched alkanes of at least 4 members (excludes halogenated alkanes) is 2. The first-order chi connectivity index (χ1) is 11.3. The van der Waals surface area contributed by atoms with E-state index in [2.05, 4.69) is 5.32 Å². The van der Waals surface area contributed by atoms with Gasteiger partial charge in [-0.3, -0.25) is 4.79 Å². The number of carbonyl (C=O) groups is 1. The second kappa shape index (κ2) is 9.64. The molecule has 0 aliphatic carbocycles. The minimum absolute atomic E-state index is 0.0175. The molecule has 0 radical (unpaired) electrons. The quantitative estimate of drug-likeness (QED) is 0.623. The first kappa shape index (κ1) is 20.4. The molecule has 7 heteroatoms. The lowest BCUT2D eigenvalue weighted by Crippen LogP contribution is -2.40. The van der Waals surface area contributed by atoms with Crippen molar-refractivity contribution in [3.05, 3.63) is 29.8 Å². The molecule has 1 aromatic rings. The maximum absolute atomic E-state index is 11.9. The van der Waals surface area contributed by atoms with E-state index in [4.69, 9.17) is 4.74 Å². The fourth-order valence-corrected chi connectivity index (χ4v) is 3.58. The Labute approximate surface area is 144 Å². The highest BCUT2D eigenvalue weighted by molar-refractivity contribution is 7.92. The van der Waals surface area contributed by atoms with Crippen molar-refractivity contribution < 1.29 is 23.1 Å². The second-order valence-corrected chi connectivity index (χ2v) is 8.06. The molecule has 0 saturated carbocycles. The third kappa shape index (κ3) is 6.88. The van der Waals surface area contributed by atoms with Crippen LogP contribution in [0.25, 0.3) is 0 Å². The molecule has 136 valence electrons. The van der Waals surface area contributed by atoms with Crippen molar-refractivity contribution >= 4 is 15.7 Å². The summed E-state index contributed by atoms with van der Waals surface area (Å²) in [5, 5.41) is 12.8. The number of ether oxygens (including phenoxy) is 1. The number of aliphatic hydroxyl groups is 1. The number of aliphatic hydroxyl groups excluding tert-OH is 1. The fraction of sp³-hybridized carbons (Fsp3) is 0.588. The molecule has 0 aliphatic rings. The molecule has 1 aromatic carbocycles. The van der Waals surface area contributed by atoms with E-state index in [1.165, 1.54) is 0 Å². The summed E-state index contributed by atoms with van der Waals surface area (Å²) in [4.78, 5) is 11.9. The maximum Gasteiger partial charge on any atom is 0.235 e. The number of nitrogens with one attached hydrogen (secondary N) is 1. The number of benzene rings is 1. The van der Waals surface area contributed by atoms with Crippen molar-refractivity contribution in [1.82, 2.24) is 5.32 Å². The predicted molar refractivity (Wildman–Crippen MR) is 93.7 cm³/mol. The highest BCUT2D eigenvalue weighted by Gasteiger charge is 2.22. The molecule has 0 fully saturated rings. The van der Waals surface area contributed by atoms with Crippen LogP contribution in [0, 0.1) is 0 Å². The van der Waals surface area contributed by atoms with Gasteiger partial charge in [-0.1, -0.05) is 31.9 Å². The van der Waals surface area contributed by atoms with Gasteiger partial charge in [-0.15, -0.1) is 0 Å². The Morgan fingerprint density at radius 2 is 1.88 bits per heavy atom. The van der Waals surface area contributed by atoms with Crippen molar-refractivity contribution in [2.75, 3.05) is 18.6 Å². The van der Waals surface area contributed by atoms with Crippen molar-refractivity contribution in [2.45, 2.75) is 45.3 Å². The number of sulfone groups is 1. The van der Waals surface area contributed by atoms with Crippen LogP contribution in [0.4, 0.5) is 0 Å². The Balaban J connectivity index is 2.55. The van der Waals surface area contributed by atoms with Crippen molar-refractivity contribution in [2.24, 2.45) is 0 Å². The fourth-order valence-electron chi connectivity index (χ4n) is 2.31. The Bertz CT molecular complexity index is 612. The molecule has 0 saturated heterocycles. The molecule has 1 amide bonds. The molecule has 2 atom stereocenters. The lowest BCUT2D eigenvalue weighted by molar-refractivity contribution is -0.120. The number of rotatable bonds is 10. The molecular formula is C17H27NO5S. The summed E-state index contributed by atoms with van der Waals surface area (Å²) in [6.45, 7) is 3.62. The largest absolute Gasteiger partial charge is 0.497 e. The molecule has 0 spiro atoms. The van der Waals surface area contributed by atoms with Gasteiger partial charge < -0.3 is 15.2 Å². The topological polar surface area (TPSA) is 92.7 Å². The molecule has 6 nitrogen and oxygen atoms in total. The first-order valence-electron chi connectivity index (χ1n) is 8.11. The van der Waals surface area contributed by atoms with Crippen LogP contribution in [-0.2, 0) is 14.6 Å². The van der Waals surface area contributed by atoms with Crippen LogP contribution in [0.3, 0.4) is 0 Å². The van der Waals surface area contributed by atoms with Gasteiger partial charge in [-0.05, 0) is 31.0 Å². The Kier molecular flexibility index (Phi) is 8.21. The average Bonchev–Trinajstić information content (AvgIpc) is 2.53. The molecule has 0 aliphatic heterocycles. The molecule has 0 aromatic heterocycles. The van der Waals surface area contributed by atoms with Crippen LogP contribution in [-0.4, -0.2) is 44.1 Å². The van der Waals surface area contributed by atoms with E-state index >= 15 is 0 Å². The zero-order valence-electron chi connectivity index (χ0n) is 14.5. The summed E-state index contributed by atoms with van der Waals surface area (Å²) in [5.41, 5.74) is 0.620. The van der Waals surface area contributed by atoms with E-state index in [1.54, 1.807) is 38.3 Å². The van der Waals surface area contributed by atoms with E-state index < -0.39 is 33.6 Å². The number of amides is 1. The van der Waals surface area contributed by atoms with E-state index in [-0.39, 0.29) is 5.75 Å². The van der Waals surface area contributed by atoms with Gasteiger partial charge in [0.1, 0.15) is 11.5 Å². The summed E-state index contributed by atoms with van der Waals surface area (Å²) < 4.78 is 28.8. The Hall–Kier alpha value is -1.60. The molecular weight excluding hydrogens is 330 g/mol. The molecule has 0 heterocycles. The minimum atomic E-state index is -3.41.